The van der Waals surface area contributed by atoms with E-state index < -0.39 is 58.1 Å². The SMILES string of the molecule is O=C(O)c1cc(OC(=O)c2c(Cl)cccc2Cl)ccc1C(=O)OC(=O)c1ccc(OC(=O)c2c(Cl)cccc2Cl)cc1C(=O)O. The molecule has 0 aromatic heterocycles. The van der Waals surface area contributed by atoms with Crippen molar-refractivity contribution in [3.63, 3.8) is 0 Å². The maximum Gasteiger partial charge on any atom is 0.346 e. The van der Waals surface area contributed by atoms with E-state index in [1.165, 1.54) is 36.4 Å². The van der Waals surface area contributed by atoms with Gasteiger partial charge in [-0.25, -0.2) is 28.8 Å². The van der Waals surface area contributed by atoms with Crippen molar-refractivity contribution in [2.75, 3.05) is 0 Å². The maximum absolute atomic E-state index is 12.8. The van der Waals surface area contributed by atoms with E-state index in [-0.39, 0.29) is 42.7 Å². The number of carboxylic acids is 2. The highest BCUT2D eigenvalue weighted by Crippen LogP contribution is 2.29. The lowest BCUT2D eigenvalue weighted by molar-refractivity contribution is 0.0386. The smallest absolute Gasteiger partial charge is 0.346 e. The largest absolute Gasteiger partial charge is 0.478 e. The molecule has 2 N–H and O–H groups in total. The summed E-state index contributed by atoms with van der Waals surface area (Å²) in [4.78, 5) is 74.6. The summed E-state index contributed by atoms with van der Waals surface area (Å²) >= 11 is 24.0. The molecule has 4 aromatic rings. The molecule has 0 saturated carbocycles. The van der Waals surface area contributed by atoms with Gasteiger partial charge >= 0.3 is 35.8 Å². The maximum atomic E-state index is 12.8. The van der Waals surface area contributed by atoms with Crippen molar-refractivity contribution in [3.05, 3.63) is 126 Å². The van der Waals surface area contributed by atoms with E-state index in [0.717, 1.165) is 36.4 Å². The van der Waals surface area contributed by atoms with Crippen LogP contribution in [0.15, 0.2) is 72.8 Å². The van der Waals surface area contributed by atoms with Crippen LogP contribution in [-0.2, 0) is 4.74 Å². The summed E-state index contributed by atoms with van der Waals surface area (Å²) in [5.74, 6) is -8.90. The summed E-state index contributed by atoms with van der Waals surface area (Å²) in [5, 5.41) is 19.2. The minimum absolute atomic E-state index is 0.0263. The Kier molecular flexibility index (Phi) is 10.1. The third-order valence-corrected chi connectivity index (χ3v) is 7.08. The topological polar surface area (TPSA) is 171 Å². The average Bonchev–Trinajstić information content (AvgIpc) is 2.96. The Labute approximate surface area is 272 Å². The molecule has 0 bridgehead atoms. The molecule has 0 amide bonds. The van der Waals surface area contributed by atoms with Gasteiger partial charge in [0.2, 0.25) is 0 Å². The fraction of sp³-hybridized carbons (Fsp3) is 0. The molecule has 0 aliphatic heterocycles. The van der Waals surface area contributed by atoms with Crippen LogP contribution in [0.4, 0.5) is 0 Å². The summed E-state index contributed by atoms with van der Waals surface area (Å²) in [6.07, 6.45) is 0. The lowest BCUT2D eigenvalue weighted by Crippen LogP contribution is -2.19. The van der Waals surface area contributed by atoms with Gasteiger partial charge in [0.25, 0.3) is 0 Å². The van der Waals surface area contributed by atoms with Crippen LogP contribution in [0.3, 0.4) is 0 Å². The number of carboxylic acid groups (broad SMARTS) is 2. The summed E-state index contributed by atoms with van der Waals surface area (Å²) in [5.41, 5.74) is -3.08. The first-order chi connectivity index (χ1) is 21.3. The zero-order chi connectivity index (χ0) is 33.0. The second kappa shape index (κ2) is 13.8. The molecule has 0 atom stereocenters. The van der Waals surface area contributed by atoms with Gasteiger partial charge in [0, 0.05) is 0 Å². The van der Waals surface area contributed by atoms with Crippen molar-refractivity contribution < 1.29 is 53.2 Å². The van der Waals surface area contributed by atoms with E-state index in [2.05, 4.69) is 0 Å². The van der Waals surface area contributed by atoms with Gasteiger partial charge in [-0.05, 0) is 60.7 Å². The molecule has 0 aliphatic rings. The molecule has 11 nitrogen and oxygen atoms in total. The van der Waals surface area contributed by atoms with E-state index in [0.29, 0.717) is 0 Å². The van der Waals surface area contributed by atoms with Gasteiger partial charge in [-0.3, -0.25) is 0 Å². The van der Waals surface area contributed by atoms with Gasteiger partial charge in [0.05, 0.1) is 53.5 Å². The molecule has 0 unspecified atom stereocenters. The molecule has 4 aromatic carbocycles. The number of aromatic carboxylic acids is 2. The number of carbonyl (C=O) groups excluding carboxylic acids is 4. The molecule has 15 heteroatoms. The van der Waals surface area contributed by atoms with Crippen LogP contribution < -0.4 is 9.47 Å². The number of carbonyl (C=O) groups is 6. The third-order valence-electron chi connectivity index (χ3n) is 5.82. The molecule has 0 saturated heterocycles. The predicted molar refractivity (Wildman–Crippen MR) is 159 cm³/mol. The summed E-state index contributed by atoms with van der Waals surface area (Å²) in [7, 11) is 0. The number of rotatable bonds is 8. The van der Waals surface area contributed by atoms with E-state index in [9.17, 15) is 39.0 Å². The number of hydrogen-bond donors (Lipinski definition) is 2. The van der Waals surface area contributed by atoms with Crippen LogP contribution in [0.25, 0.3) is 0 Å². The van der Waals surface area contributed by atoms with Crippen LogP contribution in [-0.4, -0.2) is 46.0 Å². The molecule has 45 heavy (non-hydrogen) atoms. The summed E-state index contributed by atoms with van der Waals surface area (Å²) in [6, 6.07) is 14.1. The number of hydrogen-bond acceptors (Lipinski definition) is 9. The predicted octanol–water partition coefficient (Wildman–Crippen LogP) is 7.13. The summed E-state index contributed by atoms with van der Waals surface area (Å²) < 4.78 is 15.1. The first kappa shape index (κ1) is 33.0. The average molecular weight is 692 g/mol. The molecule has 0 aliphatic carbocycles. The van der Waals surface area contributed by atoms with Crippen LogP contribution in [0.5, 0.6) is 11.5 Å². The van der Waals surface area contributed by atoms with Crippen molar-refractivity contribution in [3.8, 4) is 11.5 Å². The van der Waals surface area contributed by atoms with Crippen molar-refractivity contribution >= 4 is 82.2 Å². The minimum Gasteiger partial charge on any atom is -0.478 e. The first-order valence-corrected chi connectivity index (χ1v) is 13.6. The van der Waals surface area contributed by atoms with Crippen LogP contribution in [0.2, 0.25) is 20.1 Å². The highest BCUT2D eigenvalue weighted by molar-refractivity contribution is 6.40. The normalized spacial score (nSPS) is 10.5. The molecular formula is C30H14Cl4O11. The third kappa shape index (κ3) is 7.41. The van der Waals surface area contributed by atoms with Gasteiger partial charge in [-0.1, -0.05) is 58.5 Å². The molecular weight excluding hydrogens is 678 g/mol. The number of halogens is 4. The Balaban J connectivity index is 1.55. The Morgan fingerprint density at radius 2 is 0.800 bits per heavy atom. The van der Waals surface area contributed by atoms with Crippen LogP contribution >= 0.6 is 46.4 Å². The van der Waals surface area contributed by atoms with E-state index in [1.54, 1.807) is 0 Å². The second-order valence-electron chi connectivity index (χ2n) is 8.67. The van der Waals surface area contributed by atoms with Crippen molar-refractivity contribution in [1.82, 2.24) is 0 Å². The van der Waals surface area contributed by atoms with E-state index >= 15 is 0 Å². The van der Waals surface area contributed by atoms with Gasteiger partial charge < -0.3 is 24.4 Å². The molecule has 4 rings (SSSR count). The van der Waals surface area contributed by atoms with Crippen molar-refractivity contribution in [2.45, 2.75) is 0 Å². The standard InChI is InChI=1S/C30H14Cl4O11/c31-19-3-1-4-20(32)23(19)29(41)43-13-7-9-15(17(11-13)25(35)36)27(39)45-28(40)16-10-8-14(12-18(16)26(37)38)44-30(42)24-21(33)5-2-6-22(24)34/h1-12H,(H,35,36)(H,37,38). The monoisotopic (exact) mass is 690 g/mol. The summed E-state index contributed by atoms with van der Waals surface area (Å²) in [6.45, 7) is 0. The van der Waals surface area contributed by atoms with Crippen molar-refractivity contribution in [1.29, 1.82) is 0 Å². The zero-order valence-electron chi connectivity index (χ0n) is 22.0. The van der Waals surface area contributed by atoms with Gasteiger partial charge in [0.1, 0.15) is 11.5 Å². The first-order valence-electron chi connectivity index (χ1n) is 12.1. The molecule has 228 valence electrons. The van der Waals surface area contributed by atoms with Gasteiger partial charge in [-0.2, -0.15) is 0 Å². The number of benzene rings is 4. The number of esters is 4. The Morgan fingerprint density at radius 3 is 1.11 bits per heavy atom. The molecule has 0 spiro atoms. The highest BCUT2D eigenvalue weighted by Gasteiger charge is 2.27. The fourth-order valence-electron chi connectivity index (χ4n) is 3.78. The second-order valence-corrected chi connectivity index (χ2v) is 10.3. The molecule has 0 fully saturated rings. The van der Waals surface area contributed by atoms with E-state index in [1.807, 2.05) is 0 Å². The highest BCUT2D eigenvalue weighted by atomic mass is 35.5. The van der Waals surface area contributed by atoms with Gasteiger partial charge in [-0.15, -0.1) is 0 Å². The Hall–Kier alpha value is -4.94. The Morgan fingerprint density at radius 1 is 0.467 bits per heavy atom. The van der Waals surface area contributed by atoms with E-state index in [4.69, 9.17) is 60.6 Å². The van der Waals surface area contributed by atoms with Crippen LogP contribution in [0.1, 0.15) is 62.1 Å². The Bertz CT molecular complexity index is 1740. The number of ether oxygens (including phenoxy) is 3. The van der Waals surface area contributed by atoms with Crippen molar-refractivity contribution in [2.24, 2.45) is 0 Å². The minimum atomic E-state index is -1.65. The van der Waals surface area contributed by atoms with Crippen LogP contribution in [0, 0.1) is 0 Å². The quantitative estimate of drug-likeness (QED) is 0.109. The van der Waals surface area contributed by atoms with Gasteiger partial charge in [0.15, 0.2) is 0 Å². The molecule has 0 radical (unpaired) electrons. The zero-order valence-corrected chi connectivity index (χ0v) is 25.0. The fourth-order valence-corrected chi connectivity index (χ4v) is 4.88. The molecule has 0 heterocycles. The lowest BCUT2D eigenvalue weighted by atomic mass is 10.1. The lowest BCUT2D eigenvalue weighted by Gasteiger charge is -2.12.